The molecule has 0 atom stereocenters. The molecular formula is C21H25FN4. The van der Waals surface area contributed by atoms with Crippen LogP contribution in [0.3, 0.4) is 0 Å². The molecule has 2 aromatic rings. The highest BCUT2D eigenvalue weighted by Gasteiger charge is 2.17. The highest BCUT2D eigenvalue weighted by Crippen LogP contribution is 2.16. The second kappa shape index (κ2) is 8.13. The molecule has 4 nitrogen and oxygen atoms in total. The lowest BCUT2D eigenvalue weighted by molar-refractivity contribution is 0.516. The summed E-state index contributed by atoms with van der Waals surface area (Å²) < 4.78 is 16.7. The first-order valence-corrected chi connectivity index (χ1v) is 9.00. The predicted molar refractivity (Wildman–Crippen MR) is 106 cm³/mol. The van der Waals surface area contributed by atoms with Crippen molar-refractivity contribution in [2.45, 2.75) is 26.3 Å². The number of benzene rings is 1. The fourth-order valence-electron chi connectivity index (χ4n) is 3.35. The summed E-state index contributed by atoms with van der Waals surface area (Å²) in [6.45, 7) is 4.21. The highest BCUT2D eigenvalue weighted by molar-refractivity contribution is 5.96. The summed E-state index contributed by atoms with van der Waals surface area (Å²) >= 11 is 0. The van der Waals surface area contributed by atoms with Gasteiger partial charge in [0.2, 0.25) is 0 Å². The number of hydrogen-bond donors (Lipinski definition) is 1. The Labute approximate surface area is 153 Å². The number of aliphatic imine (C=N–C) groups is 1. The summed E-state index contributed by atoms with van der Waals surface area (Å²) in [7, 11) is 1.73. The summed E-state index contributed by atoms with van der Waals surface area (Å²) in [4.78, 5) is 6.03. The van der Waals surface area contributed by atoms with Crippen LogP contribution in [0.5, 0.6) is 0 Å². The van der Waals surface area contributed by atoms with Crippen molar-refractivity contribution in [1.29, 1.82) is 5.41 Å². The standard InChI is InChI=1S/C21H25FN4/c1-3-16-9-13-26(20(16)8-10-24-2)15-18-7-6-17(14-19(18)22)21(23)25-11-4-5-12-25/h3,6-10,13-14,23H,4-5,11-12,15H2,1-2H3/b16-3-,20-8+,23-21?,24-10+. The van der Waals surface area contributed by atoms with Gasteiger partial charge < -0.3 is 9.47 Å². The maximum atomic E-state index is 14.7. The van der Waals surface area contributed by atoms with Crippen LogP contribution in [0.25, 0.3) is 12.2 Å². The molecule has 1 aliphatic rings. The first-order valence-electron chi connectivity index (χ1n) is 9.00. The molecule has 1 saturated heterocycles. The summed E-state index contributed by atoms with van der Waals surface area (Å²) in [6, 6.07) is 7.16. The van der Waals surface area contributed by atoms with Gasteiger partial charge in [-0.05, 0) is 43.2 Å². The van der Waals surface area contributed by atoms with Crippen LogP contribution in [0.2, 0.25) is 0 Å². The lowest BCUT2D eigenvalue weighted by Gasteiger charge is -2.19. The average Bonchev–Trinajstić information content (AvgIpc) is 3.31. The number of rotatable bonds is 4. The summed E-state index contributed by atoms with van der Waals surface area (Å²) in [6.07, 6.45) is 9.88. The molecule has 1 aromatic heterocycles. The quantitative estimate of drug-likeness (QED) is 0.666. The molecule has 5 heteroatoms. The maximum Gasteiger partial charge on any atom is 0.128 e. The van der Waals surface area contributed by atoms with E-state index in [1.807, 2.05) is 46.9 Å². The number of hydrogen-bond acceptors (Lipinski definition) is 2. The first kappa shape index (κ1) is 18.1. The van der Waals surface area contributed by atoms with Crippen molar-refractivity contribution in [2.75, 3.05) is 20.1 Å². The molecule has 0 radical (unpaired) electrons. The summed E-state index contributed by atoms with van der Waals surface area (Å²) in [5, 5.41) is 10.4. The van der Waals surface area contributed by atoms with Crippen LogP contribution in [-0.4, -0.2) is 41.7 Å². The van der Waals surface area contributed by atoms with Gasteiger partial charge in [0.1, 0.15) is 11.7 Å². The minimum Gasteiger partial charge on any atom is -0.357 e. The Hall–Kier alpha value is -2.69. The zero-order chi connectivity index (χ0) is 18.5. The van der Waals surface area contributed by atoms with Gasteiger partial charge in [-0.25, -0.2) is 4.39 Å². The molecule has 0 saturated carbocycles. The molecule has 26 heavy (non-hydrogen) atoms. The minimum atomic E-state index is -0.266. The molecule has 0 aliphatic carbocycles. The lowest BCUT2D eigenvalue weighted by atomic mass is 10.1. The Morgan fingerprint density at radius 3 is 2.69 bits per heavy atom. The molecule has 1 N–H and O–H groups in total. The Balaban J connectivity index is 1.88. The van der Waals surface area contributed by atoms with Gasteiger partial charge in [0.25, 0.3) is 0 Å². The molecule has 2 heterocycles. The third-order valence-electron chi connectivity index (χ3n) is 4.82. The number of halogens is 1. The van der Waals surface area contributed by atoms with Gasteiger partial charge in [0.05, 0.1) is 6.54 Å². The number of nitrogens with one attached hydrogen (secondary N) is 1. The Morgan fingerprint density at radius 1 is 1.27 bits per heavy atom. The van der Waals surface area contributed by atoms with Gasteiger partial charge in [0, 0.05) is 49.0 Å². The smallest absolute Gasteiger partial charge is 0.128 e. The van der Waals surface area contributed by atoms with Crippen molar-refractivity contribution in [1.82, 2.24) is 9.47 Å². The largest absolute Gasteiger partial charge is 0.357 e. The van der Waals surface area contributed by atoms with E-state index in [2.05, 4.69) is 4.99 Å². The molecule has 0 unspecified atom stereocenters. The van der Waals surface area contributed by atoms with E-state index < -0.39 is 0 Å². The zero-order valence-electron chi connectivity index (χ0n) is 15.4. The summed E-state index contributed by atoms with van der Waals surface area (Å²) in [5.74, 6) is 0.155. The number of likely N-dealkylation sites (tertiary alicyclic amines) is 1. The highest BCUT2D eigenvalue weighted by atomic mass is 19.1. The lowest BCUT2D eigenvalue weighted by Crippen LogP contribution is -2.29. The molecule has 1 aliphatic heterocycles. The molecule has 0 bridgehead atoms. The number of amidine groups is 1. The topological polar surface area (TPSA) is 44.4 Å². The van der Waals surface area contributed by atoms with Gasteiger partial charge in [-0.15, -0.1) is 0 Å². The van der Waals surface area contributed by atoms with E-state index in [1.165, 1.54) is 6.07 Å². The molecule has 3 rings (SSSR count). The normalized spacial score (nSPS) is 16.2. The third-order valence-corrected chi connectivity index (χ3v) is 4.82. The zero-order valence-corrected chi connectivity index (χ0v) is 15.4. The van der Waals surface area contributed by atoms with Crippen molar-refractivity contribution in [3.05, 3.63) is 58.0 Å². The number of aromatic nitrogens is 1. The molecule has 1 aromatic carbocycles. The second-order valence-electron chi connectivity index (χ2n) is 6.50. The molecule has 1 fully saturated rings. The Kier molecular flexibility index (Phi) is 5.66. The predicted octanol–water partition coefficient (Wildman–Crippen LogP) is 2.38. The van der Waals surface area contributed by atoms with Gasteiger partial charge >= 0.3 is 0 Å². The van der Waals surface area contributed by atoms with E-state index in [-0.39, 0.29) is 5.82 Å². The van der Waals surface area contributed by atoms with E-state index in [1.54, 1.807) is 19.3 Å². The van der Waals surface area contributed by atoms with Gasteiger partial charge in [-0.1, -0.05) is 18.2 Å². The molecule has 0 spiro atoms. The van der Waals surface area contributed by atoms with E-state index in [0.29, 0.717) is 23.5 Å². The fourth-order valence-corrected chi connectivity index (χ4v) is 3.35. The van der Waals surface area contributed by atoms with Crippen molar-refractivity contribution in [2.24, 2.45) is 4.99 Å². The average molecular weight is 352 g/mol. The van der Waals surface area contributed by atoms with Crippen LogP contribution >= 0.6 is 0 Å². The third kappa shape index (κ3) is 3.77. The van der Waals surface area contributed by atoms with E-state index in [0.717, 1.165) is 36.5 Å². The maximum absolute atomic E-state index is 14.7. The Morgan fingerprint density at radius 2 is 2.04 bits per heavy atom. The first-order chi connectivity index (χ1) is 12.6. The summed E-state index contributed by atoms with van der Waals surface area (Å²) in [5.41, 5.74) is 1.26. The van der Waals surface area contributed by atoms with Crippen LogP contribution < -0.4 is 10.6 Å². The van der Waals surface area contributed by atoms with E-state index >= 15 is 0 Å². The van der Waals surface area contributed by atoms with Crippen LogP contribution in [0.4, 0.5) is 4.39 Å². The van der Waals surface area contributed by atoms with Crippen molar-refractivity contribution in [3.63, 3.8) is 0 Å². The van der Waals surface area contributed by atoms with Gasteiger partial charge in [-0.3, -0.25) is 10.4 Å². The SMILES string of the molecule is C/C=c1/ccn(Cc2ccc(C(=N)N3CCCC3)cc2F)/c1=C/C=N/C. The van der Waals surface area contributed by atoms with E-state index in [4.69, 9.17) is 5.41 Å². The Bertz CT molecular complexity index is 933. The minimum absolute atomic E-state index is 0.266. The van der Waals surface area contributed by atoms with Crippen LogP contribution in [0, 0.1) is 11.2 Å². The fraction of sp³-hybridized carbons (Fsp3) is 0.333. The molecule has 0 amide bonds. The van der Waals surface area contributed by atoms with Gasteiger partial charge in [0.15, 0.2) is 0 Å². The van der Waals surface area contributed by atoms with Crippen molar-refractivity contribution < 1.29 is 4.39 Å². The van der Waals surface area contributed by atoms with Crippen LogP contribution in [-0.2, 0) is 6.54 Å². The van der Waals surface area contributed by atoms with Gasteiger partial charge in [-0.2, -0.15) is 0 Å². The van der Waals surface area contributed by atoms with Crippen LogP contribution in [0.15, 0.2) is 35.5 Å². The van der Waals surface area contributed by atoms with Crippen LogP contribution in [0.1, 0.15) is 30.9 Å². The van der Waals surface area contributed by atoms with Crippen molar-refractivity contribution in [3.8, 4) is 0 Å². The number of nitrogens with zero attached hydrogens (tertiary/aromatic N) is 3. The van der Waals surface area contributed by atoms with E-state index in [9.17, 15) is 4.39 Å². The van der Waals surface area contributed by atoms with Crippen molar-refractivity contribution >= 4 is 24.2 Å². The molecule has 136 valence electrons. The molecular weight excluding hydrogens is 327 g/mol. The monoisotopic (exact) mass is 352 g/mol. The second-order valence-corrected chi connectivity index (χ2v) is 6.50.